The zero-order valence-electron chi connectivity index (χ0n) is 12.1. The molecule has 1 saturated heterocycles. The van der Waals surface area contributed by atoms with Crippen molar-refractivity contribution in [2.45, 2.75) is 39.7 Å². The molecule has 1 aromatic heterocycles. The van der Waals surface area contributed by atoms with E-state index in [0.29, 0.717) is 12.3 Å². The molecule has 6 nitrogen and oxygen atoms in total. The van der Waals surface area contributed by atoms with Crippen LogP contribution < -0.4 is 5.32 Å². The average Bonchev–Trinajstić information content (AvgIpc) is 2.86. The first kappa shape index (κ1) is 14.6. The van der Waals surface area contributed by atoms with Crippen molar-refractivity contribution in [2.75, 3.05) is 18.4 Å². The third-order valence-electron chi connectivity index (χ3n) is 3.77. The molecule has 1 fully saturated rings. The maximum Gasteiger partial charge on any atom is 0.224 e. The van der Waals surface area contributed by atoms with Crippen molar-refractivity contribution < 1.29 is 9.59 Å². The van der Waals surface area contributed by atoms with Crippen molar-refractivity contribution in [3.05, 3.63) is 12.4 Å². The van der Waals surface area contributed by atoms with Gasteiger partial charge in [0.2, 0.25) is 11.8 Å². The summed E-state index contributed by atoms with van der Waals surface area (Å²) in [6, 6.07) is 0. The van der Waals surface area contributed by atoms with Gasteiger partial charge in [-0.25, -0.2) is 0 Å². The summed E-state index contributed by atoms with van der Waals surface area (Å²) in [4.78, 5) is 25.0. The van der Waals surface area contributed by atoms with Gasteiger partial charge in [0, 0.05) is 39.2 Å². The molecular weight excluding hydrogens is 256 g/mol. The van der Waals surface area contributed by atoms with Crippen molar-refractivity contribution in [2.24, 2.45) is 5.92 Å². The Hall–Kier alpha value is -1.85. The summed E-state index contributed by atoms with van der Waals surface area (Å²) in [5, 5.41) is 7.00. The third-order valence-corrected chi connectivity index (χ3v) is 3.77. The standard InChI is InChI=1S/C14H22N4O2/c1-3-18-10-13(9-15-18)16-14(20)8-12-4-6-17(7-5-12)11(2)19/h9-10,12H,3-8H2,1-2H3,(H,16,20). The lowest BCUT2D eigenvalue weighted by molar-refractivity contribution is -0.130. The molecule has 0 radical (unpaired) electrons. The summed E-state index contributed by atoms with van der Waals surface area (Å²) in [6.07, 6.45) is 5.82. The fraction of sp³-hybridized carbons (Fsp3) is 0.643. The van der Waals surface area contributed by atoms with Crippen LogP contribution in [0.1, 0.15) is 33.1 Å². The smallest absolute Gasteiger partial charge is 0.224 e. The van der Waals surface area contributed by atoms with Gasteiger partial charge in [-0.05, 0) is 25.7 Å². The summed E-state index contributed by atoms with van der Waals surface area (Å²) >= 11 is 0. The van der Waals surface area contributed by atoms with E-state index in [1.54, 1.807) is 17.8 Å². The Labute approximate surface area is 119 Å². The van der Waals surface area contributed by atoms with Crippen molar-refractivity contribution >= 4 is 17.5 Å². The van der Waals surface area contributed by atoms with E-state index in [1.807, 2.05) is 18.0 Å². The highest BCUT2D eigenvalue weighted by Gasteiger charge is 2.22. The molecule has 0 atom stereocenters. The highest BCUT2D eigenvalue weighted by atomic mass is 16.2. The van der Waals surface area contributed by atoms with E-state index in [1.165, 1.54) is 0 Å². The Morgan fingerprint density at radius 3 is 2.65 bits per heavy atom. The number of hydrogen-bond acceptors (Lipinski definition) is 3. The van der Waals surface area contributed by atoms with Gasteiger partial charge in [0.15, 0.2) is 0 Å². The normalized spacial score (nSPS) is 16.2. The predicted octanol–water partition coefficient (Wildman–Crippen LogP) is 1.49. The molecule has 1 aliphatic rings. The van der Waals surface area contributed by atoms with E-state index in [9.17, 15) is 9.59 Å². The van der Waals surface area contributed by atoms with Gasteiger partial charge in [-0.2, -0.15) is 5.10 Å². The minimum absolute atomic E-state index is 0.0296. The minimum atomic E-state index is 0.0296. The fourth-order valence-electron chi connectivity index (χ4n) is 2.53. The lowest BCUT2D eigenvalue weighted by atomic mass is 9.93. The molecule has 20 heavy (non-hydrogen) atoms. The number of nitrogens with one attached hydrogen (secondary N) is 1. The van der Waals surface area contributed by atoms with Gasteiger partial charge in [0.1, 0.15) is 0 Å². The lowest BCUT2D eigenvalue weighted by Gasteiger charge is -2.30. The van der Waals surface area contributed by atoms with E-state index in [0.717, 1.165) is 38.2 Å². The average molecular weight is 278 g/mol. The van der Waals surface area contributed by atoms with Crippen LogP contribution in [0.15, 0.2) is 12.4 Å². The first-order valence-electron chi connectivity index (χ1n) is 7.16. The maximum absolute atomic E-state index is 12.0. The Bertz CT molecular complexity index is 475. The van der Waals surface area contributed by atoms with E-state index in [-0.39, 0.29) is 11.8 Å². The molecule has 0 aromatic carbocycles. The van der Waals surface area contributed by atoms with Crippen molar-refractivity contribution in [1.29, 1.82) is 0 Å². The van der Waals surface area contributed by atoms with Gasteiger partial charge in [-0.3, -0.25) is 14.3 Å². The van der Waals surface area contributed by atoms with Crippen LogP contribution in [0.5, 0.6) is 0 Å². The number of carbonyl (C=O) groups excluding carboxylic acids is 2. The van der Waals surface area contributed by atoms with Crippen LogP contribution >= 0.6 is 0 Å². The Morgan fingerprint density at radius 2 is 2.10 bits per heavy atom. The number of aryl methyl sites for hydroxylation is 1. The van der Waals surface area contributed by atoms with E-state index >= 15 is 0 Å². The van der Waals surface area contributed by atoms with Crippen LogP contribution in [0.4, 0.5) is 5.69 Å². The molecule has 6 heteroatoms. The maximum atomic E-state index is 12.0. The topological polar surface area (TPSA) is 67.2 Å². The molecule has 0 bridgehead atoms. The molecule has 0 aliphatic carbocycles. The van der Waals surface area contributed by atoms with Crippen LogP contribution in [0.25, 0.3) is 0 Å². The summed E-state index contributed by atoms with van der Waals surface area (Å²) < 4.78 is 1.78. The van der Waals surface area contributed by atoms with Gasteiger partial charge in [-0.1, -0.05) is 0 Å². The number of hydrogen-bond donors (Lipinski definition) is 1. The second-order valence-corrected chi connectivity index (χ2v) is 5.29. The van der Waals surface area contributed by atoms with Gasteiger partial charge >= 0.3 is 0 Å². The Balaban J connectivity index is 1.76. The zero-order chi connectivity index (χ0) is 14.5. The summed E-state index contributed by atoms with van der Waals surface area (Å²) in [7, 11) is 0. The molecule has 1 N–H and O–H groups in total. The van der Waals surface area contributed by atoms with Gasteiger partial charge in [-0.15, -0.1) is 0 Å². The molecule has 0 unspecified atom stereocenters. The molecule has 0 saturated carbocycles. The number of anilines is 1. The number of piperidine rings is 1. The second-order valence-electron chi connectivity index (χ2n) is 5.29. The van der Waals surface area contributed by atoms with Gasteiger partial charge < -0.3 is 10.2 Å². The summed E-state index contributed by atoms with van der Waals surface area (Å²) in [6.45, 7) is 5.92. The molecule has 2 heterocycles. The summed E-state index contributed by atoms with van der Waals surface area (Å²) in [5.74, 6) is 0.522. The van der Waals surface area contributed by atoms with Crippen LogP contribution in [0, 0.1) is 5.92 Å². The highest BCUT2D eigenvalue weighted by molar-refractivity contribution is 5.90. The van der Waals surface area contributed by atoms with Gasteiger partial charge in [0.25, 0.3) is 0 Å². The monoisotopic (exact) mass is 278 g/mol. The van der Waals surface area contributed by atoms with Gasteiger partial charge in [0.05, 0.1) is 11.9 Å². The first-order valence-corrected chi connectivity index (χ1v) is 7.16. The minimum Gasteiger partial charge on any atom is -0.343 e. The Kier molecular flexibility index (Phi) is 4.76. The Morgan fingerprint density at radius 1 is 1.40 bits per heavy atom. The SMILES string of the molecule is CCn1cc(NC(=O)CC2CCN(C(C)=O)CC2)cn1. The molecule has 1 aromatic rings. The number of amides is 2. The number of aromatic nitrogens is 2. The molecule has 1 aliphatic heterocycles. The first-order chi connectivity index (χ1) is 9.58. The quantitative estimate of drug-likeness (QED) is 0.907. The van der Waals surface area contributed by atoms with Crippen LogP contribution in [-0.4, -0.2) is 39.6 Å². The molecule has 2 rings (SSSR count). The lowest BCUT2D eigenvalue weighted by Crippen LogP contribution is -2.37. The molecule has 2 amide bonds. The van der Waals surface area contributed by atoms with E-state index < -0.39 is 0 Å². The second kappa shape index (κ2) is 6.54. The molecule has 110 valence electrons. The van der Waals surface area contributed by atoms with E-state index in [2.05, 4.69) is 10.4 Å². The zero-order valence-corrected chi connectivity index (χ0v) is 12.1. The molecular formula is C14H22N4O2. The number of carbonyl (C=O) groups is 2. The third kappa shape index (κ3) is 3.82. The molecule has 0 spiro atoms. The van der Waals surface area contributed by atoms with Crippen molar-refractivity contribution in [3.63, 3.8) is 0 Å². The summed E-state index contributed by atoms with van der Waals surface area (Å²) in [5.41, 5.74) is 0.748. The highest BCUT2D eigenvalue weighted by Crippen LogP contribution is 2.21. The van der Waals surface area contributed by atoms with Crippen LogP contribution in [-0.2, 0) is 16.1 Å². The number of rotatable bonds is 4. The number of likely N-dealkylation sites (tertiary alicyclic amines) is 1. The largest absolute Gasteiger partial charge is 0.343 e. The van der Waals surface area contributed by atoms with Crippen LogP contribution in [0.2, 0.25) is 0 Å². The fourth-order valence-corrected chi connectivity index (χ4v) is 2.53. The van der Waals surface area contributed by atoms with Crippen molar-refractivity contribution in [1.82, 2.24) is 14.7 Å². The predicted molar refractivity (Wildman–Crippen MR) is 76.1 cm³/mol. The van der Waals surface area contributed by atoms with E-state index in [4.69, 9.17) is 0 Å². The van der Waals surface area contributed by atoms with Crippen LogP contribution in [0.3, 0.4) is 0 Å². The number of nitrogens with zero attached hydrogens (tertiary/aromatic N) is 3. The van der Waals surface area contributed by atoms with Crippen molar-refractivity contribution in [3.8, 4) is 0 Å².